The number of hydrogen-bond donors (Lipinski definition) is 2. The Morgan fingerprint density at radius 2 is 1.55 bits per heavy atom. The quantitative estimate of drug-likeness (QED) is 0.835. The topological polar surface area (TPSA) is 70.0 Å². The van der Waals surface area contributed by atoms with Gasteiger partial charge in [-0.2, -0.15) is 0 Å². The van der Waals surface area contributed by atoms with E-state index < -0.39 is 17.8 Å². The van der Waals surface area contributed by atoms with E-state index in [2.05, 4.69) is 24.3 Å². The Morgan fingerprint density at radius 3 is 2.10 bits per heavy atom. The number of aliphatic hydroxyl groups is 2. The number of amides is 1. The van der Waals surface area contributed by atoms with Crippen molar-refractivity contribution in [2.24, 2.45) is 0 Å². The molecule has 1 spiro atoms. The molecule has 0 radical (unpaired) electrons. The van der Waals surface area contributed by atoms with Crippen LogP contribution in [0.25, 0.3) is 0 Å². The van der Waals surface area contributed by atoms with Crippen LogP contribution in [0, 0.1) is 0 Å². The van der Waals surface area contributed by atoms with E-state index in [0.29, 0.717) is 45.4 Å². The molecule has 0 bridgehead atoms. The van der Waals surface area contributed by atoms with Crippen molar-refractivity contribution >= 4 is 5.91 Å². The third-order valence-electron chi connectivity index (χ3n) is 6.45. The first-order valence-corrected chi connectivity index (χ1v) is 10.5. The van der Waals surface area contributed by atoms with E-state index >= 15 is 0 Å². The molecule has 2 aromatic rings. The van der Waals surface area contributed by atoms with E-state index in [1.165, 1.54) is 0 Å². The fourth-order valence-electron chi connectivity index (χ4n) is 4.65. The lowest BCUT2D eigenvalue weighted by Crippen LogP contribution is -2.60. The van der Waals surface area contributed by atoms with Crippen molar-refractivity contribution < 1.29 is 19.7 Å². The average molecular weight is 395 g/mol. The molecule has 2 aromatic carbocycles. The third-order valence-corrected chi connectivity index (χ3v) is 6.45. The van der Waals surface area contributed by atoms with Crippen LogP contribution in [0.15, 0.2) is 60.7 Å². The average Bonchev–Trinajstić information content (AvgIpc) is 2.77. The molecule has 4 rings (SSSR count). The maximum atomic E-state index is 13.1. The second-order valence-corrected chi connectivity index (χ2v) is 8.17. The number of hydrogen-bond acceptors (Lipinski definition) is 4. The molecule has 29 heavy (non-hydrogen) atoms. The maximum absolute atomic E-state index is 13.1. The fourth-order valence-corrected chi connectivity index (χ4v) is 4.65. The third kappa shape index (κ3) is 4.22. The first-order valence-electron chi connectivity index (χ1n) is 10.5. The first-order chi connectivity index (χ1) is 14.1. The summed E-state index contributed by atoms with van der Waals surface area (Å²) in [4.78, 5) is 15.0. The Morgan fingerprint density at radius 1 is 1.00 bits per heavy atom. The molecule has 2 aliphatic rings. The Hall–Kier alpha value is -2.21. The van der Waals surface area contributed by atoms with Gasteiger partial charge in [-0.1, -0.05) is 60.7 Å². The monoisotopic (exact) mass is 395 g/mol. The molecular formula is C24H29NO4. The number of piperidine rings is 1. The van der Waals surface area contributed by atoms with Gasteiger partial charge in [0.2, 0.25) is 5.91 Å². The minimum atomic E-state index is -0.880. The van der Waals surface area contributed by atoms with Crippen molar-refractivity contribution in [3.63, 3.8) is 0 Å². The number of carbonyl (C=O) groups excluding carboxylic acids is 1. The van der Waals surface area contributed by atoms with Crippen molar-refractivity contribution in [3.8, 4) is 0 Å². The van der Waals surface area contributed by atoms with Gasteiger partial charge < -0.3 is 19.8 Å². The van der Waals surface area contributed by atoms with Gasteiger partial charge in [0.05, 0.1) is 18.3 Å². The van der Waals surface area contributed by atoms with Gasteiger partial charge in [-0.05, 0) is 30.4 Å². The molecule has 0 saturated carbocycles. The number of ether oxygens (including phenoxy) is 1. The molecule has 2 saturated heterocycles. The van der Waals surface area contributed by atoms with Crippen molar-refractivity contribution in [2.45, 2.75) is 49.4 Å². The largest absolute Gasteiger partial charge is 0.390 e. The van der Waals surface area contributed by atoms with Gasteiger partial charge in [0.1, 0.15) is 6.10 Å². The molecule has 2 aliphatic heterocycles. The lowest BCUT2D eigenvalue weighted by Gasteiger charge is -2.48. The molecule has 0 unspecified atom stereocenters. The second-order valence-electron chi connectivity index (χ2n) is 8.17. The number of carbonyl (C=O) groups is 1. The van der Waals surface area contributed by atoms with E-state index in [4.69, 9.17) is 4.74 Å². The highest BCUT2D eigenvalue weighted by atomic mass is 16.5. The minimum Gasteiger partial charge on any atom is -0.390 e. The van der Waals surface area contributed by atoms with E-state index in [9.17, 15) is 15.0 Å². The highest BCUT2D eigenvalue weighted by Gasteiger charge is 2.48. The number of aliphatic hydroxyl groups excluding tert-OH is 2. The Balaban J connectivity index is 1.45. The van der Waals surface area contributed by atoms with Gasteiger partial charge in [-0.3, -0.25) is 4.79 Å². The molecule has 0 aliphatic carbocycles. The molecule has 154 valence electrons. The van der Waals surface area contributed by atoms with E-state index in [1.54, 1.807) is 0 Å². The predicted octanol–water partition coefficient (Wildman–Crippen LogP) is 2.71. The molecule has 1 amide bonds. The summed E-state index contributed by atoms with van der Waals surface area (Å²) in [7, 11) is 0. The molecule has 2 N–H and O–H groups in total. The van der Waals surface area contributed by atoms with E-state index in [-0.39, 0.29) is 11.8 Å². The zero-order valence-electron chi connectivity index (χ0n) is 16.6. The van der Waals surface area contributed by atoms with Crippen LogP contribution in [-0.4, -0.2) is 58.5 Å². The van der Waals surface area contributed by atoms with Crippen molar-refractivity contribution in [1.82, 2.24) is 4.90 Å². The number of benzene rings is 2. The summed E-state index contributed by atoms with van der Waals surface area (Å²) in [6.45, 7) is 1.54. The summed E-state index contributed by atoms with van der Waals surface area (Å²) in [6, 6.07) is 20.3. The zero-order chi connectivity index (χ0) is 20.3. The Bertz CT molecular complexity index is 763. The molecule has 5 nitrogen and oxygen atoms in total. The second kappa shape index (κ2) is 8.66. The highest BCUT2D eigenvalue weighted by Crippen LogP contribution is 2.36. The lowest BCUT2D eigenvalue weighted by molar-refractivity contribution is -0.214. The summed E-state index contributed by atoms with van der Waals surface area (Å²) in [5.74, 6) is 0.127. The first kappa shape index (κ1) is 20.1. The van der Waals surface area contributed by atoms with Gasteiger partial charge in [0.15, 0.2) is 0 Å². The van der Waals surface area contributed by atoms with Gasteiger partial charge in [-0.15, -0.1) is 0 Å². The summed E-state index contributed by atoms with van der Waals surface area (Å²) in [6.07, 6.45) is 0.354. The normalized spacial score (nSPS) is 24.0. The van der Waals surface area contributed by atoms with Gasteiger partial charge >= 0.3 is 0 Å². The van der Waals surface area contributed by atoms with Crippen molar-refractivity contribution in [3.05, 3.63) is 71.8 Å². The zero-order valence-corrected chi connectivity index (χ0v) is 16.6. The van der Waals surface area contributed by atoms with Gasteiger partial charge in [-0.25, -0.2) is 0 Å². The van der Waals surface area contributed by atoms with Gasteiger partial charge in [0.25, 0.3) is 0 Å². The summed E-state index contributed by atoms with van der Waals surface area (Å²) in [5, 5.41) is 20.5. The number of nitrogens with zero attached hydrogens (tertiary/aromatic N) is 1. The number of likely N-dealkylation sites (tertiary alicyclic amines) is 1. The van der Waals surface area contributed by atoms with Crippen LogP contribution in [0.4, 0.5) is 0 Å². The smallest absolute Gasteiger partial charge is 0.223 e. The molecular weight excluding hydrogens is 366 g/mol. The van der Waals surface area contributed by atoms with E-state index in [0.717, 1.165) is 11.1 Å². The van der Waals surface area contributed by atoms with Crippen LogP contribution >= 0.6 is 0 Å². The Labute approximate surface area is 171 Å². The standard InChI is InChI=1S/C24H29NO4/c26-21-11-16-29-24(23(21)28)12-14-25(15-13-24)22(27)17-20(18-7-3-1-4-8-18)19-9-5-2-6-10-19/h1-10,20-21,23,26,28H,11-17H2/t21-,23-/m0/s1. The van der Waals surface area contributed by atoms with Crippen LogP contribution in [0.1, 0.15) is 42.7 Å². The summed E-state index contributed by atoms with van der Waals surface area (Å²) in [5.41, 5.74) is 1.55. The fraction of sp³-hybridized carbons (Fsp3) is 0.458. The van der Waals surface area contributed by atoms with Crippen LogP contribution in [0.3, 0.4) is 0 Å². The van der Waals surface area contributed by atoms with Crippen LogP contribution in [0.2, 0.25) is 0 Å². The lowest BCUT2D eigenvalue weighted by atomic mass is 9.80. The van der Waals surface area contributed by atoms with Crippen molar-refractivity contribution in [2.75, 3.05) is 19.7 Å². The highest BCUT2D eigenvalue weighted by molar-refractivity contribution is 5.78. The maximum Gasteiger partial charge on any atom is 0.223 e. The minimum absolute atomic E-state index is 0.0131. The Kier molecular flexibility index (Phi) is 5.99. The van der Waals surface area contributed by atoms with Crippen LogP contribution < -0.4 is 0 Å². The van der Waals surface area contributed by atoms with Crippen molar-refractivity contribution in [1.29, 1.82) is 0 Å². The number of rotatable bonds is 4. The predicted molar refractivity (Wildman–Crippen MR) is 110 cm³/mol. The summed E-state index contributed by atoms with van der Waals surface area (Å²) >= 11 is 0. The molecule has 0 aromatic heterocycles. The van der Waals surface area contributed by atoms with E-state index in [1.807, 2.05) is 41.3 Å². The SMILES string of the molecule is O=C(CC(c1ccccc1)c1ccccc1)N1CCC2(CC1)OCC[C@H](O)[C@@H]2O. The molecule has 2 fully saturated rings. The molecule has 2 atom stereocenters. The molecule has 5 heteroatoms. The van der Waals surface area contributed by atoms with Crippen LogP contribution in [-0.2, 0) is 9.53 Å². The van der Waals surface area contributed by atoms with Gasteiger partial charge in [0, 0.05) is 25.4 Å². The molecule has 2 heterocycles. The summed E-state index contributed by atoms with van der Waals surface area (Å²) < 4.78 is 5.89. The van der Waals surface area contributed by atoms with Crippen LogP contribution in [0.5, 0.6) is 0 Å².